The van der Waals surface area contributed by atoms with E-state index in [0.717, 1.165) is 30.2 Å². The molecule has 0 spiro atoms. The molecule has 9 heteroatoms. The summed E-state index contributed by atoms with van der Waals surface area (Å²) in [4.78, 5) is 11.2. The Bertz CT molecular complexity index is 573. The van der Waals surface area contributed by atoms with Gasteiger partial charge in [-0.05, 0) is 17.9 Å². The normalized spacial score (nSPS) is 13.4. The highest BCUT2D eigenvalue weighted by atomic mass is 32.2. The molecule has 21 heavy (non-hydrogen) atoms. The number of unbranched alkanes of at least 4 members (excludes halogenated alkanes) is 1. The summed E-state index contributed by atoms with van der Waals surface area (Å²) in [5, 5.41) is 3.89. The third kappa shape index (κ3) is 4.45. The Morgan fingerprint density at radius 3 is 2.67 bits per heavy atom. The first-order chi connectivity index (χ1) is 9.84. The van der Waals surface area contributed by atoms with Crippen molar-refractivity contribution in [2.75, 3.05) is 6.54 Å². The number of hydrogen-bond donors (Lipinski definition) is 2. The first-order valence-corrected chi connectivity index (χ1v) is 8.87. The highest BCUT2D eigenvalue weighted by molar-refractivity contribution is 7.92. The fraction of sp³-hybridized carbons (Fsp3) is 0.583. The molecule has 0 radical (unpaired) electrons. The second-order valence-electron chi connectivity index (χ2n) is 4.47. The standard InChI is InChI=1S/C12H18F2N2O3S2/c1-2-3-4-8(7-15)16-11(17)10-9(5-6-20-10)21(18,19)12(13)14/h5-6,8,12H,2-4,7,15H2,1H3,(H,16,17). The van der Waals surface area contributed by atoms with Crippen LogP contribution in [0.15, 0.2) is 16.3 Å². The zero-order valence-corrected chi connectivity index (χ0v) is 13.1. The van der Waals surface area contributed by atoms with Crippen LogP contribution >= 0.6 is 11.3 Å². The van der Waals surface area contributed by atoms with Crippen LogP contribution in [0.2, 0.25) is 0 Å². The minimum Gasteiger partial charge on any atom is -0.347 e. The van der Waals surface area contributed by atoms with Gasteiger partial charge in [0.15, 0.2) is 0 Å². The van der Waals surface area contributed by atoms with Gasteiger partial charge in [0, 0.05) is 12.6 Å². The first-order valence-electron chi connectivity index (χ1n) is 6.45. The van der Waals surface area contributed by atoms with E-state index in [-0.39, 0.29) is 17.5 Å². The predicted molar refractivity (Wildman–Crippen MR) is 77.3 cm³/mol. The van der Waals surface area contributed by atoms with Gasteiger partial charge in [0.2, 0.25) is 9.84 Å². The smallest absolute Gasteiger partial charge is 0.341 e. The summed E-state index contributed by atoms with van der Waals surface area (Å²) in [7, 11) is -4.78. The summed E-state index contributed by atoms with van der Waals surface area (Å²) >= 11 is 0.813. The van der Waals surface area contributed by atoms with Crippen LogP contribution in [0.1, 0.15) is 35.9 Å². The zero-order valence-electron chi connectivity index (χ0n) is 11.5. The fourth-order valence-corrected chi connectivity index (χ4v) is 3.80. The zero-order chi connectivity index (χ0) is 16.0. The van der Waals surface area contributed by atoms with Crippen LogP contribution in [-0.2, 0) is 9.84 Å². The average molecular weight is 340 g/mol. The summed E-state index contributed by atoms with van der Waals surface area (Å²) in [5.41, 5.74) is 5.54. The molecule has 0 saturated carbocycles. The van der Waals surface area contributed by atoms with E-state index in [0.29, 0.717) is 6.42 Å². The monoisotopic (exact) mass is 340 g/mol. The van der Waals surface area contributed by atoms with Crippen LogP contribution in [0.4, 0.5) is 8.78 Å². The Hall–Kier alpha value is -1.06. The van der Waals surface area contributed by atoms with Crippen molar-refractivity contribution < 1.29 is 22.0 Å². The summed E-state index contributed by atoms with van der Waals surface area (Å²) in [6.45, 7) is 2.19. The Morgan fingerprint density at radius 2 is 2.14 bits per heavy atom. The van der Waals surface area contributed by atoms with E-state index in [2.05, 4.69) is 5.32 Å². The number of nitrogens with one attached hydrogen (secondary N) is 1. The van der Waals surface area contributed by atoms with Crippen molar-refractivity contribution in [1.29, 1.82) is 0 Å². The molecule has 1 aromatic heterocycles. The summed E-state index contributed by atoms with van der Waals surface area (Å²) in [6, 6.07) is 0.714. The van der Waals surface area contributed by atoms with Crippen LogP contribution in [0.3, 0.4) is 0 Å². The Kier molecular flexibility index (Phi) is 6.69. The highest BCUT2D eigenvalue weighted by Gasteiger charge is 2.32. The Labute approximate surface area is 126 Å². The van der Waals surface area contributed by atoms with E-state index in [1.54, 1.807) is 0 Å². The molecule has 5 nitrogen and oxygen atoms in total. The van der Waals surface area contributed by atoms with Crippen molar-refractivity contribution in [3.05, 3.63) is 16.3 Å². The van der Waals surface area contributed by atoms with Gasteiger partial charge in [-0.3, -0.25) is 4.79 Å². The molecule has 0 aliphatic carbocycles. The lowest BCUT2D eigenvalue weighted by molar-refractivity contribution is 0.0937. The minimum atomic E-state index is -4.78. The number of nitrogens with two attached hydrogens (primary N) is 1. The van der Waals surface area contributed by atoms with E-state index in [1.807, 2.05) is 6.92 Å². The molecule has 120 valence electrons. The average Bonchev–Trinajstić information content (AvgIpc) is 2.93. The van der Waals surface area contributed by atoms with Crippen LogP contribution < -0.4 is 11.1 Å². The van der Waals surface area contributed by atoms with E-state index in [1.165, 1.54) is 5.38 Å². The number of amides is 1. The third-order valence-electron chi connectivity index (χ3n) is 2.90. The van der Waals surface area contributed by atoms with Gasteiger partial charge in [-0.15, -0.1) is 11.3 Å². The number of alkyl halides is 2. The Balaban J connectivity index is 2.92. The van der Waals surface area contributed by atoms with Crippen molar-refractivity contribution >= 4 is 27.1 Å². The molecule has 0 aliphatic rings. The van der Waals surface area contributed by atoms with E-state index in [9.17, 15) is 22.0 Å². The quantitative estimate of drug-likeness (QED) is 0.757. The van der Waals surface area contributed by atoms with Gasteiger partial charge in [-0.25, -0.2) is 8.42 Å². The van der Waals surface area contributed by atoms with Crippen molar-refractivity contribution in [1.82, 2.24) is 5.32 Å². The maximum absolute atomic E-state index is 12.6. The topological polar surface area (TPSA) is 89.3 Å². The summed E-state index contributed by atoms with van der Waals surface area (Å²) in [6.07, 6.45) is 2.44. The molecule has 1 amide bonds. The number of halogens is 2. The predicted octanol–water partition coefficient (Wildman–Crippen LogP) is 1.99. The van der Waals surface area contributed by atoms with Crippen LogP contribution in [0.25, 0.3) is 0 Å². The molecule has 1 aromatic rings. The number of hydrogen-bond acceptors (Lipinski definition) is 5. The van der Waals surface area contributed by atoms with E-state index < -0.39 is 26.4 Å². The lowest BCUT2D eigenvalue weighted by atomic mass is 10.1. The third-order valence-corrected chi connectivity index (χ3v) is 5.37. The number of sulfone groups is 1. The number of rotatable bonds is 8. The Morgan fingerprint density at radius 1 is 1.48 bits per heavy atom. The number of carbonyl (C=O) groups is 1. The van der Waals surface area contributed by atoms with Gasteiger partial charge in [0.1, 0.15) is 4.88 Å². The molecule has 1 heterocycles. The van der Waals surface area contributed by atoms with Gasteiger partial charge in [-0.1, -0.05) is 19.8 Å². The van der Waals surface area contributed by atoms with Crippen molar-refractivity contribution in [2.45, 2.75) is 42.9 Å². The number of carbonyl (C=O) groups excluding carboxylic acids is 1. The molecule has 0 bridgehead atoms. The lowest BCUT2D eigenvalue weighted by Gasteiger charge is -2.16. The SMILES string of the molecule is CCCCC(CN)NC(=O)c1sccc1S(=O)(=O)C(F)F. The fourth-order valence-electron chi connectivity index (χ4n) is 1.73. The van der Waals surface area contributed by atoms with Crippen molar-refractivity contribution in [2.24, 2.45) is 5.73 Å². The maximum atomic E-state index is 12.6. The van der Waals surface area contributed by atoms with Crippen LogP contribution in [0.5, 0.6) is 0 Å². The van der Waals surface area contributed by atoms with Crippen molar-refractivity contribution in [3.8, 4) is 0 Å². The van der Waals surface area contributed by atoms with Gasteiger partial charge in [0.25, 0.3) is 5.91 Å². The maximum Gasteiger partial charge on any atom is 0.341 e. The van der Waals surface area contributed by atoms with Crippen molar-refractivity contribution in [3.63, 3.8) is 0 Å². The highest BCUT2D eigenvalue weighted by Crippen LogP contribution is 2.26. The largest absolute Gasteiger partial charge is 0.347 e. The van der Waals surface area contributed by atoms with E-state index >= 15 is 0 Å². The molecule has 0 saturated heterocycles. The van der Waals surface area contributed by atoms with Gasteiger partial charge >= 0.3 is 5.76 Å². The molecule has 3 N–H and O–H groups in total. The lowest BCUT2D eigenvalue weighted by Crippen LogP contribution is -2.40. The molecular weight excluding hydrogens is 322 g/mol. The minimum absolute atomic E-state index is 0.202. The van der Waals surface area contributed by atoms with Crippen LogP contribution in [-0.4, -0.2) is 32.7 Å². The summed E-state index contributed by atoms with van der Waals surface area (Å²) in [5.74, 6) is -4.24. The first kappa shape index (κ1) is 18.0. The molecule has 0 fully saturated rings. The second kappa shape index (κ2) is 7.81. The molecule has 1 unspecified atom stereocenters. The molecule has 1 atom stereocenters. The van der Waals surface area contributed by atoms with Gasteiger partial charge in [-0.2, -0.15) is 8.78 Å². The summed E-state index contributed by atoms with van der Waals surface area (Å²) < 4.78 is 48.2. The second-order valence-corrected chi connectivity index (χ2v) is 7.27. The molecule has 0 aliphatic heterocycles. The molecule has 1 rings (SSSR count). The van der Waals surface area contributed by atoms with Gasteiger partial charge in [0.05, 0.1) is 4.90 Å². The van der Waals surface area contributed by atoms with Gasteiger partial charge < -0.3 is 11.1 Å². The van der Waals surface area contributed by atoms with E-state index in [4.69, 9.17) is 5.73 Å². The van der Waals surface area contributed by atoms with Crippen LogP contribution in [0, 0.1) is 0 Å². The molecule has 0 aromatic carbocycles. The molecular formula is C12H18F2N2O3S2. The number of thiophene rings is 1.